The summed E-state index contributed by atoms with van der Waals surface area (Å²) in [6.07, 6.45) is 3.21. The lowest BCUT2D eigenvalue weighted by molar-refractivity contribution is 0.547. The second kappa shape index (κ2) is 4.82. The van der Waals surface area contributed by atoms with Crippen molar-refractivity contribution in [3.8, 4) is 0 Å². The molecule has 52 valence electrons. The normalized spacial score (nSPS) is 17.1. The summed E-state index contributed by atoms with van der Waals surface area (Å²) in [5.74, 6) is 1.86. The molecule has 0 unspecified atom stereocenters. The van der Waals surface area contributed by atoms with Gasteiger partial charge in [-0.25, -0.2) is 4.79 Å². The van der Waals surface area contributed by atoms with E-state index in [0.29, 0.717) is 0 Å². The number of hydrogen-bond acceptors (Lipinski definition) is 2. The average Bonchev–Trinajstić information content (AvgIpc) is 1.90. The first-order valence-corrected chi connectivity index (χ1v) is 2.91. The molecule has 0 atom stereocenters. The Morgan fingerprint density at radius 1 is 1.44 bits per heavy atom. The van der Waals surface area contributed by atoms with E-state index in [2.05, 4.69) is 5.32 Å². The maximum absolute atomic E-state index is 9.94. The number of allylic oxidation sites excluding steroid dienone is 1. The third-order valence-electron chi connectivity index (χ3n) is 1.32. The first-order chi connectivity index (χ1) is 3.93. The predicted molar refractivity (Wildman–Crippen MR) is 46.5 cm³/mol. The standard InChI is InChI=1S/C6H9NO.HI/c8-5-6-3-1-2-4-7-6;/h7H,1-4H2;1H. The van der Waals surface area contributed by atoms with Crippen LogP contribution in [-0.4, -0.2) is 12.5 Å². The summed E-state index contributed by atoms with van der Waals surface area (Å²) >= 11 is 0. The number of carbonyl (C=O) groups excluding carboxylic acids is 1. The summed E-state index contributed by atoms with van der Waals surface area (Å²) in [6.45, 7) is 0.949. The lowest BCUT2D eigenvalue weighted by Gasteiger charge is -2.11. The van der Waals surface area contributed by atoms with Crippen LogP contribution in [0, 0.1) is 0 Å². The second-order valence-electron chi connectivity index (χ2n) is 1.96. The Hall–Kier alpha value is -0.0200. The van der Waals surface area contributed by atoms with Gasteiger partial charge >= 0.3 is 0 Å². The molecule has 0 aromatic rings. The van der Waals surface area contributed by atoms with Crippen LogP contribution in [-0.2, 0) is 4.79 Å². The molecule has 0 aromatic heterocycles. The van der Waals surface area contributed by atoms with Crippen molar-refractivity contribution in [2.24, 2.45) is 0 Å². The minimum Gasteiger partial charge on any atom is -0.379 e. The maximum atomic E-state index is 9.94. The Kier molecular flexibility index (Phi) is 4.81. The Labute approximate surface area is 71.7 Å². The summed E-state index contributed by atoms with van der Waals surface area (Å²) in [5, 5.41) is 2.96. The number of piperidine rings is 1. The van der Waals surface area contributed by atoms with Gasteiger partial charge in [-0.05, 0) is 19.3 Å². The zero-order chi connectivity index (χ0) is 5.82. The highest BCUT2D eigenvalue weighted by molar-refractivity contribution is 14.0. The van der Waals surface area contributed by atoms with E-state index >= 15 is 0 Å². The molecule has 2 nitrogen and oxygen atoms in total. The quantitative estimate of drug-likeness (QED) is 0.506. The van der Waals surface area contributed by atoms with Crippen molar-refractivity contribution in [2.45, 2.75) is 19.3 Å². The molecule has 1 aliphatic heterocycles. The number of halogens is 1. The molecular weight excluding hydrogens is 229 g/mol. The van der Waals surface area contributed by atoms with Crippen molar-refractivity contribution in [1.29, 1.82) is 0 Å². The van der Waals surface area contributed by atoms with Gasteiger partial charge in [0.1, 0.15) is 5.94 Å². The van der Waals surface area contributed by atoms with Gasteiger partial charge in [0, 0.05) is 6.54 Å². The highest BCUT2D eigenvalue weighted by atomic mass is 127. The molecule has 3 heteroatoms. The van der Waals surface area contributed by atoms with E-state index in [1.807, 2.05) is 5.94 Å². The number of rotatable bonds is 0. The van der Waals surface area contributed by atoms with E-state index in [1.54, 1.807) is 0 Å². The van der Waals surface area contributed by atoms with Crippen LogP contribution in [0.3, 0.4) is 0 Å². The van der Waals surface area contributed by atoms with Crippen molar-refractivity contribution in [3.05, 3.63) is 5.70 Å². The Morgan fingerprint density at radius 3 is 2.56 bits per heavy atom. The highest BCUT2D eigenvalue weighted by Gasteiger charge is 2.02. The smallest absolute Gasteiger partial charge is 0.145 e. The summed E-state index contributed by atoms with van der Waals surface area (Å²) in [6, 6.07) is 0. The molecule has 0 amide bonds. The van der Waals surface area contributed by atoms with E-state index in [-0.39, 0.29) is 24.0 Å². The average molecular weight is 239 g/mol. The number of hydrogen-bond donors (Lipinski definition) is 1. The van der Waals surface area contributed by atoms with Gasteiger partial charge in [-0.1, -0.05) is 0 Å². The predicted octanol–water partition coefficient (Wildman–Crippen LogP) is 1.09. The molecule has 0 saturated carbocycles. The Balaban J connectivity index is 0.000000640. The summed E-state index contributed by atoms with van der Waals surface area (Å²) in [7, 11) is 0. The SMILES string of the molecule is I.O=C=C1CCCCN1. The monoisotopic (exact) mass is 239 g/mol. The van der Waals surface area contributed by atoms with Crippen LogP contribution >= 0.6 is 24.0 Å². The first kappa shape index (κ1) is 8.98. The highest BCUT2D eigenvalue weighted by Crippen LogP contribution is 2.05. The molecular formula is C6H10INO. The van der Waals surface area contributed by atoms with Gasteiger partial charge in [0.05, 0.1) is 5.70 Å². The number of nitrogens with one attached hydrogen (secondary N) is 1. The van der Waals surface area contributed by atoms with E-state index in [4.69, 9.17) is 0 Å². The van der Waals surface area contributed by atoms with Crippen LogP contribution in [0.5, 0.6) is 0 Å². The maximum Gasteiger partial charge on any atom is 0.145 e. The van der Waals surface area contributed by atoms with Crippen molar-refractivity contribution in [3.63, 3.8) is 0 Å². The molecule has 1 saturated heterocycles. The van der Waals surface area contributed by atoms with Crippen LogP contribution in [0.1, 0.15) is 19.3 Å². The van der Waals surface area contributed by atoms with Crippen LogP contribution in [0.25, 0.3) is 0 Å². The summed E-state index contributed by atoms with van der Waals surface area (Å²) < 4.78 is 0. The third kappa shape index (κ3) is 2.87. The first-order valence-electron chi connectivity index (χ1n) is 2.91. The van der Waals surface area contributed by atoms with E-state index < -0.39 is 0 Å². The zero-order valence-corrected chi connectivity index (χ0v) is 7.48. The minimum absolute atomic E-state index is 0. The van der Waals surface area contributed by atoms with Crippen molar-refractivity contribution in [2.75, 3.05) is 6.54 Å². The molecule has 1 rings (SSSR count). The Bertz CT molecular complexity index is 121. The van der Waals surface area contributed by atoms with Gasteiger partial charge in [0.25, 0.3) is 0 Å². The van der Waals surface area contributed by atoms with Crippen molar-refractivity contribution < 1.29 is 4.79 Å². The molecule has 0 spiro atoms. The lowest BCUT2D eigenvalue weighted by atomic mass is 10.1. The van der Waals surface area contributed by atoms with Crippen LogP contribution in [0.2, 0.25) is 0 Å². The largest absolute Gasteiger partial charge is 0.379 e. The molecule has 0 radical (unpaired) electrons. The van der Waals surface area contributed by atoms with Gasteiger partial charge in [-0.15, -0.1) is 24.0 Å². The van der Waals surface area contributed by atoms with E-state index in [0.717, 1.165) is 25.1 Å². The van der Waals surface area contributed by atoms with Gasteiger partial charge < -0.3 is 5.32 Å². The molecule has 1 N–H and O–H groups in total. The lowest BCUT2D eigenvalue weighted by Crippen LogP contribution is -2.19. The fourth-order valence-electron chi connectivity index (χ4n) is 0.842. The van der Waals surface area contributed by atoms with Gasteiger partial charge in [0.15, 0.2) is 0 Å². The fraction of sp³-hybridized carbons (Fsp3) is 0.667. The van der Waals surface area contributed by atoms with Gasteiger partial charge in [-0.2, -0.15) is 0 Å². The second-order valence-corrected chi connectivity index (χ2v) is 1.96. The summed E-state index contributed by atoms with van der Waals surface area (Å²) in [5.41, 5.74) is 0.747. The zero-order valence-electron chi connectivity index (χ0n) is 5.14. The minimum atomic E-state index is 0. The van der Waals surface area contributed by atoms with Gasteiger partial charge in [0.2, 0.25) is 0 Å². The van der Waals surface area contributed by atoms with Crippen molar-refractivity contribution in [1.82, 2.24) is 5.32 Å². The van der Waals surface area contributed by atoms with Crippen molar-refractivity contribution >= 4 is 29.9 Å². The van der Waals surface area contributed by atoms with Crippen LogP contribution in [0.4, 0.5) is 0 Å². The molecule has 0 aliphatic carbocycles. The topological polar surface area (TPSA) is 29.1 Å². The fourth-order valence-corrected chi connectivity index (χ4v) is 0.842. The van der Waals surface area contributed by atoms with E-state index in [1.165, 1.54) is 6.42 Å². The molecule has 0 aromatic carbocycles. The van der Waals surface area contributed by atoms with Crippen LogP contribution < -0.4 is 5.32 Å². The van der Waals surface area contributed by atoms with Gasteiger partial charge in [-0.3, -0.25) is 0 Å². The van der Waals surface area contributed by atoms with E-state index in [9.17, 15) is 4.79 Å². The molecule has 9 heavy (non-hydrogen) atoms. The third-order valence-corrected chi connectivity index (χ3v) is 1.32. The molecule has 0 bridgehead atoms. The Morgan fingerprint density at radius 2 is 2.22 bits per heavy atom. The molecule has 1 heterocycles. The molecule has 1 fully saturated rings. The molecule has 1 aliphatic rings. The van der Waals surface area contributed by atoms with Crippen LogP contribution in [0.15, 0.2) is 5.70 Å². The summed E-state index contributed by atoms with van der Waals surface area (Å²) in [4.78, 5) is 9.94.